The average molecular weight is 285 g/mol. The number of likely N-dealkylation sites (tertiary alicyclic amines) is 1. The van der Waals surface area contributed by atoms with Crippen molar-refractivity contribution in [3.8, 4) is 5.75 Å². The molecule has 5 atom stereocenters. The number of ether oxygens (including phenoxy) is 1. The molecule has 0 amide bonds. The van der Waals surface area contributed by atoms with Crippen molar-refractivity contribution >= 4 is 0 Å². The average Bonchev–Trinajstić information content (AvgIpc) is 2.84. The fourth-order valence-electron chi connectivity index (χ4n) is 6.01. The maximum absolute atomic E-state index is 9.85. The minimum absolute atomic E-state index is 0.188. The summed E-state index contributed by atoms with van der Waals surface area (Å²) in [5, 5.41) is 9.85. The molecule has 0 aromatic heterocycles. The Balaban J connectivity index is 1.76. The van der Waals surface area contributed by atoms with E-state index in [0.717, 1.165) is 18.7 Å². The van der Waals surface area contributed by atoms with E-state index >= 15 is 0 Å². The van der Waals surface area contributed by atoms with Gasteiger partial charge in [-0.05, 0) is 56.8 Å². The summed E-state index contributed by atoms with van der Waals surface area (Å²) >= 11 is 0. The van der Waals surface area contributed by atoms with Gasteiger partial charge >= 0.3 is 0 Å². The standard InChI is InChI=1S/C18H23NO2/c1-19-8-7-18-13-6-5-12(10-20)17(18)21-15-4-2-3-11(16(15)18)9-14(13)19/h2-4,12-14,17,20H,5-10H2,1H3/t12-,13+,14-,17+,18+/m0/s1. The number of aliphatic hydroxyl groups is 1. The van der Waals surface area contributed by atoms with Gasteiger partial charge in [-0.15, -0.1) is 0 Å². The first-order valence-electron chi connectivity index (χ1n) is 8.36. The van der Waals surface area contributed by atoms with Crippen LogP contribution in [0, 0.1) is 11.8 Å². The van der Waals surface area contributed by atoms with Crippen LogP contribution in [0.25, 0.3) is 0 Å². The molecule has 1 aromatic rings. The molecule has 1 saturated carbocycles. The number of rotatable bonds is 1. The summed E-state index contributed by atoms with van der Waals surface area (Å²) in [5.74, 6) is 2.13. The van der Waals surface area contributed by atoms with E-state index in [4.69, 9.17) is 4.74 Å². The predicted molar refractivity (Wildman–Crippen MR) is 80.6 cm³/mol. The minimum Gasteiger partial charge on any atom is -0.489 e. The van der Waals surface area contributed by atoms with E-state index in [1.165, 1.54) is 30.4 Å². The Hall–Kier alpha value is -1.06. The lowest BCUT2D eigenvalue weighted by molar-refractivity contribution is -0.0788. The maximum Gasteiger partial charge on any atom is 0.123 e. The Labute approximate surface area is 125 Å². The second kappa shape index (κ2) is 4.02. The molecule has 1 aromatic carbocycles. The second-order valence-corrected chi connectivity index (χ2v) is 7.50. The molecule has 3 heteroatoms. The Kier molecular flexibility index (Phi) is 2.39. The van der Waals surface area contributed by atoms with E-state index in [9.17, 15) is 5.11 Å². The normalized spacial score (nSPS) is 43.3. The van der Waals surface area contributed by atoms with Gasteiger partial charge < -0.3 is 14.7 Å². The number of likely N-dealkylation sites (N-methyl/N-ethyl adjacent to an activating group) is 1. The largest absolute Gasteiger partial charge is 0.489 e. The molecule has 4 aliphatic rings. The minimum atomic E-state index is 0.188. The molecular weight excluding hydrogens is 262 g/mol. The topological polar surface area (TPSA) is 32.7 Å². The highest BCUT2D eigenvalue weighted by Gasteiger charge is 2.64. The van der Waals surface area contributed by atoms with Crippen molar-refractivity contribution in [1.82, 2.24) is 4.90 Å². The summed E-state index contributed by atoms with van der Waals surface area (Å²) in [7, 11) is 2.29. The predicted octanol–water partition coefficient (Wildman–Crippen LogP) is 1.96. The van der Waals surface area contributed by atoms with Crippen molar-refractivity contribution in [2.75, 3.05) is 20.2 Å². The molecule has 2 bridgehead atoms. The summed E-state index contributed by atoms with van der Waals surface area (Å²) in [4.78, 5) is 2.57. The lowest BCUT2D eigenvalue weighted by atomic mass is 9.50. The van der Waals surface area contributed by atoms with Crippen molar-refractivity contribution in [3.05, 3.63) is 29.3 Å². The van der Waals surface area contributed by atoms with Crippen LogP contribution in [0.5, 0.6) is 5.75 Å². The first kappa shape index (κ1) is 12.5. The van der Waals surface area contributed by atoms with Gasteiger partial charge in [-0.25, -0.2) is 0 Å². The van der Waals surface area contributed by atoms with E-state index < -0.39 is 0 Å². The fraction of sp³-hybridized carbons (Fsp3) is 0.667. The third kappa shape index (κ3) is 1.33. The molecular formula is C18H23NO2. The van der Waals surface area contributed by atoms with E-state index in [-0.39, 0.29) is 18.1 Å². The van der Waals surface area contributed by atoms with E-state index in [0.29, 0.717) is 17.9 Å². The van der Waals surface area contributed by atoms with Gasteiger partial charge in [0.25, 0.3) is 0 Å². The molecule has 2 aliphatic carbocycles. The summed E-state index contributed by atoms with van der Waals surface area (Å²) in [6.07, 6.45) is 4.92. The summed E-state index contributed by atoms with van der Waals surface area (Å²) < 4.78 is 6.44. The lowest BCUT2D eigenvalue weighted by Crippen LogP contribution is -2.65. The number of piperidine rings is 1. The zero-order chi connectivity index (χ0) is 14.2. The van der Waals surface area contributed by atoms with Crippen LogP contribution in [0.4, 0.5) is 0 Å². The fourth-order valence-corrected chi connectivity index (χ4v) is 6.01. The third-order valence-electron chi connectivity index (χ3n) is 6.85. The van der Waals surface area contributed by atoms with Gasteiger partial charge in [0.2, 0.25) is 0 Å². The smallest absolute Gasteiger partial charge is 0.123 e. The summed E-state index contributed by atoms with van der Waals surface area (Å²) in [5.41, 5.74) is 3.20. The Morgan fingerprint density at radius 3 is 3.14 bits per heavy atom. The van der Waals surface area contributed by atoms with E-state index in [1.54, 1.807) is 0 Å². The van der Waals surface area contributed by atoms with Crippen LogP contribution >= 0.6 is 0 Å². The molecule has 2 aliphatic heterocycles. The molecule has 1 saturated heterocycles. The number of hydrogen-bond acceptors (Lipinski definition) is 3. The number of hydrogen-bond donors (Lipinski definition) is 1. The molecule has 2 heterocycles. The van der Waals surface area contributed by atoms with Gasteiger partial charge in [-0.2, -0.15) is 0 Å². The van der Waals surface area contributed by atoms with E-state index in [1.807, 2.05) is 0 Å². The highest BCUT2D eigenvalue weighted by atomic mass is 16.5. The summed E-state index contributed by atoms with van der Waals surface area (Å²) in [6, 6.07) is 7.25. The highest BCUT2D eigenvalue weighted by Crippen LogP contribution is 2.62. The van der Waals surface area contributed by atoms with Gasteiger partial charge in [0.05, 0.1) is 0 Å². The highest BCUT2D eigenvalue weighted by molar-refractivity contribution is 5.54. The molecule has 2 fully saturated rings. The van der Waals surface area contributed by atoms with Crippen LogP contribution in [0.1, 0.15) is 30.4 Å². The Morgan fingerprint density at radius 2 is 2.29 bits per heavy atom. The lowest BCUT2D eigenvalue weighted by Gasteiger charge is -2.59. The van der Waals surface area contributed by atoms with Gasteiger partial charge in [0.1, 0.15) is 11.9 Å². The quantitative estimate of drug-likeness (QED) is 0.856. The number of benzene rings is 1. The van der Waals surface area contributed by atoms with Crippen LogP contribution in [-0.2, 0) is 11.8 Å². The molecule has 1 N–H and O–H groups in total. The van der Waals surface area contributed by atoms with Gasteiger partial charge in [-0.3, -0.25) is 0 Å². The molecule has 0 unspecified atom stereocenters. The Morgan fingerprint density at radius 1 is 1.38 bits per heavy atom. The molecule has 1 spiro atoms. The third-order valence-corrected chi connectivity index (χ3v) is 6.85. The van der Waals surface area contributed by atoms with E-state index in [2.05, 4.69) is 30.1 Å². The monoisotopic (exact) mass is 285 g/mol. The van der Waals surface area contributed by atoms with Crippen molar-refractivity contribution in [1.29, 1.82) is 0 Å². The van der Waals surface area contributed by atoms with Crippen molar-refractivity contribution in [2.45, 2.75) is 43.2 Å². The molecule has 5 rings (SSSR count). The SMILES string of the molecule is CN1CC[C@@]23c4c5cccc4O[C@@H]2[C@H](CO)CC[C@@H]3[C@@H]1C5. The first-order valence-corrected chi connectivity index (χ1v) is 8.36. The number of aliphatic hydroxyl groups excluding tert-OH is 1. The number of nitrogens with zero attached hydrogens (tertiary/aromatic N) is 1. The van der Waals surface area contributed by atoms with Gasteiger partial charge in [0.15, 0.2) is 0 Å². The summed E-state index contributed by atoms with van der Waals surface area (Å²) in [6.45, 7) is 1.43. The van der Waals surface area contributed by atoms with Crippen LogP contribution in [0.3, 0.4) is 0 Å². The molecule has 0 radical (unpaired) electrons. The molecule has 21 heavy (non-hydrogen) atoms. The second-order valence-electron chi connectivity index (χ2n) is 7.50. The molecule has 112 valence electrons. The van der Waals surface area contributed by atoms with Gasteiger partial charge in [-0.1, -0.05) is 12.1 Å². The first-order chi connectivity index (χ1) is 10.3. The van der Waals surface area contributed by atoms with Crippen LogP contribution in [0.2, 0.25) is 0 Å². The Bertz CT molecular complexity index is 601. The van der Waals surface area contributed by atoms with Gasteiger partial charge in [0, 0.05) is 29.5 Å². The van der Waals surface area contributed by atoms with Crippen LogP contribution in [-0.4, -0.2) is 42.4 Å². The van der Waals surface area contributed by atoms with Crippen molar-refractivity contribution in [2.24, 2.45) is 11.8 Å². The zero-order valence-electron chi connectivity index (χ0n) is 12.6. The van der Waals surface area contributed by atoms with Crippen LogP contribution in [0.15, 0.2) is 18.2 Å². The van der Waals surface area contributed by atoms with Crippen LogP contribution < -0.4 is 4.74 Å². The zero-order valence-corrected chi connectivity index (χ0v) is 12.6. The van der Waals surface area contributed by atoms with Crippen molar-refractivity contribution < 1.29 is 9.84 Å². The molecule has 3 nitrogen and oxygen atoms in total. The maximum atomic E-state index is 9.85. The van der Waals surface area contributed by atoms with Crippen molar-refractivity contribution in [3.63, 3.8) is 0 Å².